The van der Waals surface area contributed by atoms with Gasteiger partial charge in [0.15, 0.2) is 11.5 Å². The van der Waals surface area contributed by atoms with Crippen LogP contribution in [0.15, 0.2) is 77.9 Å². The Morgan fingerprint density at radius 3 is 2.63 bits per heavy atom. The number of carbonyl (C=O) groups is 1. The van der Waals surface area contributed by atoms with Crippen LogP contribution in [0.1, 0.15) is 50.2 Å². The first-order valence-corrected chi connectivity index (χ1v) is 13.7. The molecule has 4 aromatic heterocycles. The summed E-state index contributed by atoms with van der Waals surface area (Å²) in [6.45, 7) is 5.70. The number of fused-ring (bicyclic) bond motifs is 2. The molecular formula is C31H25N7O2S. The van der Waals surface area contributed by atoms with Crippen LogP contribution in [-0.4, -0.2) is 30.1 Å². The average molecular weight is 560 g/mol. The standard InChI is InChI=1S/C31H25N7O2S/c1-18(35-30(39)27-28(32)36-37-16-8-15-33-29(27)37)24-17-22-10-7-9-21(13-14-25-19(2)34-20(3)41-25)26(22)31(40)38(24)23-11-5-4-6-12-23/h4-12,15-18H,1-3H3,(H2,32,36)(H,35,39)/t18-/m1/s1. The second kappa shape index (κ2) is 10.4. The van der Waals surface area contributed by atoms with E-state index in [1.165, 1.54) is 15.9 Å². The first kappa shape index (κ1) is 26.0. The molecule has 6 rings (SSSR count). The van der Waals surface area contributed by atoms with Crippen molar-refractivity contribution in [3.63, 3.8) is 0 Å². The third-order valence-corrected chi connectivity index (χ3v) is 7.73. The second-order valence-corrected chi connectivity index (χ2v) is 10.8. The lowest BCUT2D eigenvalue weighted by atomic mass is 10.0. The first-order chi connectivity index (χ1) is 19.8. The van der Waals surface area contributed by atoms with Crippen LogP contribution in [0.3, 0.4) is 0 Å². The highest BCUT2D eigenvalue weighted by atomic mass is 32.1. The number of pyridine rings is 1. The summed E-state index contributed by atoms with van der Waals surface area (Å²) in [5.41, 5.74) is 9.14. The summed E-state index contributed by atoms with van der Waals surface area (Å²) in [7, 11) is 0. The lowest BCUT2D eigenvalue weighted by molar-refractivity contribution is 0.0941. The van der Waals surface area contributed by atoms with Crippen LogP contribution < -0.4 is 16.6 Å². The topological polar surface area (TPSA) is 120 Å². The third-order valence-electron chi connectivity index (χ3n) is 6.74. The van der Waals surface area contributed by atoms with Gasteiger partial charge in [-0.05, 0) is 62.4 Å². The summed E-state index contributed by atoms with van der Waals surface area (Å²) in [5, 5.41) is 9.35. The van der Waals surface area contributed by atoms with E-state index in [2.05, 4.69) is 32.2 Å². The number of carbonyl (C=O) groups excluding carboxylic acids is 1. The number of thiazole rings is 1. The van der Waals surface area contributed by atoms with Gasteiger partial charge >= 0.3 is 0 Å². The molecule has 0 aliphatic carbocycles. The highest BCUT2D eigenvalue weighted by molar-refractivity contribution is 7.12. The molecule has 4 heterocycles. The molecule has 1 atom stereocenters. The van der Waals surface area contributed by atoms with Crippen LogP contribution in [0.2, 0.25) is 0 Å². The monoisotopic (exact) mass is 559 g/mol. The summed E-state index contributed by atoms with van der Waals surface area (Å²) in [4.78, 5) is 37.3. The quantitative estimate of drug-likeness (QED) is 0.305. The molecule has 0 saturated carbocycles. The van der Waals surface area contributed by atoms with E-state index in [0.717, 1.165) is 21.0 Å². The van der Waals surface area contributed by atoms with Crippen molar-refractivity contribution in [2.24, 2.45) is 0 Å². The van der Waals surface area contributed by atoms with Gasteiger partial charge in [0.05, 0.1) is 22.1 Å². The Morgan fingerprint density at radius 1 is 1.07 bits per heavy atom. The Balaban J connectivity index is 1.48. The molecule has 2 aromatic carbocycles. The van der Waals surface area contributed by atoms with E-state index in [9.17, 15) is 9.59 Å². The zero-order valence-corrected chi connectivity index (χ0v) is 23.4. The molecule has 0 unspecified atom stereocenters. The molecule has 9 nitrogen and oxygen atoms in total. The number of para-hydroxylation sites is 1. The van der Waals surface area contributed by atoms with E-state index in [4.69, 9.17) is 5.73 Å². The van der Waals surface area contributed by atoms with Gasteiger partial charge in [-0.25, -0.2) is 14.5 Å². The maximum Gasteiger partial charge on any atom is 0.264 e. The zero-order chi connectivity index (χ0) is 28.7. The fourth-order valence-electron chi connectivity index (χ4n) is 4.88. The van der Waals surface area contributed by atoms with Crippen molar-refractivity contribution in [2.75, 3.05) is 5.73 Å². The summed E-state index contributed by atoms with van der Waals surface area (Å²) in [6, 6.07) is 18.0. The Kier molecular flexibility index (Phi) is 6.57. The van der Waals surface area contributed by atoms with E-state index in [1.54, 1.807) is 23.0 Å². The highest BCUT2D eigenvalue weighted by Crippen LogP contribution is 2.25. The molecular weight excluding hydrogens is 534 g/mol. The lowest BCUT2D eigenvalue weighted by Crippen LogP contribution is -2.32. The summed E-state index contributed by atoms with van der Waals surface area (Å²) >= 11 is 1.53. The van der Waals surface area contributed by atoms with Crippen molar-refractivity contribution >= 4 is 39.5 Å². The van der Waals surface area contributed by atoms with Gasteiger partial charge in [0.2, 0.25) is 0 Å². The summed E-state index contributed by atoms with van der Waals surface area (Å²) < 4.78 is 3.08. The predicted octanol–water partition coefficient (Wildman–Crippen LogP) is 4.58. The Bertz CT molecular complexity index is 2080. The fourth-order valence-corrected chi connectivity index (χ4v) is 5.66. The number of anilines is 1. The van der Waals surface area contributed by atoms with Crippen molar-refractivity contribution in [3.8, 4) is 17.5 Å². The van der Waals surface area contributed by atoms with Gasteiger partial charge < -0.3 is 11.1 Å². The van der Waals surface area contributed by atoms with Crippen molar-refractivity contribution < 1.29 is 4.79 Å². The number of nitrogens with zero attached hydrogens (tertiary/aromatic N) is 5. The molecule has 0 aliphatic heterocycles. The van der Waals surface area contributed by atoms with Gasteiger partial charge in [-0.2, -0.15) is 0 Å². The molecule has 0 bridgehead atoms. The maximum atomic E-state index is 14.2. The average Bonchev–Trinajstić information content (AvgIpc) is 3.48. The number of nitrogen functional groups attached to an aromatic ring is 1. The minimum atomic E-state index is -0.574. The molecule has 0 aliphatic rings. The van der Waals surface area contributed by atoms with Gasteiger partial charge in [0, 0.05) is 29.3 Å². The SMILES string of the molecule is Cc1nc(C)c(C#Cc2cccc3cc([C@@H](C)NC(=O)c4c(N)nn5cccnc45)n(-c4ccccc4)c(=O)c23)s1. The molecule has 202 valence electrons. The molecule has 0 fully saturated rings. The maximum absolute atomic E-state index is 14.2. The van der Waals surface area contributed by atoms with Crippen molar-refractivity contribution in [1.82, 2.24) is 29.5 Å². The summed E-state index contributed by atoms with van der Waals surface area (Å²) in [6.07, 6.45) is 3.25. The minimum absolute atomic E-state index is 0.0712. The van der Waals surface area contributed by atoms with Gasteiger partial charge in [-0.15, -0.1) is 16.4 Å². The smallest absolute Gasteiger partial charge is 0.264 e. The molecule has 10 heteroatoms. The van der Waals surface area contributed by atoms with Crippen LogP contribution >= 0.6 is 11.3 Å². The first-order valence-electron chi connectivity index (χ1n) is 12.9. The van der Waals surface area contributed by atoms with Crippen LogP contribution in [-0.2, 0) is 0 Å². The molecule has 0 radical (unpaired) electrons. The van der Waals surface area contributed by atoms with Gasteiger partial charge in [0.1, 0.15) is 10.4 Å². The normalized spacial score (nSPS) is 11.8. The van der Waals surface area contributed by atoms with Crippen molar-refractivity contribution in [2.45, 2.75) is 26.8 Å². The Morgan fingerprint density at radius 2 is 1.88 bits per heavy atom. The molecule has 41 heavy (non-hydrogen) atoms. The number of aromatic nitrogens is 5. The number of benzene rings is 2. The molecule has 1 amide bonds. The van der Waals surface area contributed by atoms with E-state index in [1.807, 2.05) is 75.4 Å². The Labute approximate surface area is 239 Å². The number of hydrogen-bond donors (Lipinski definition) is 2. The van der Waals surface area contributed by atoms with Gasteiger partial charge in [0.25, 0.3) is 11.5 Å². The Hall–Kier alpha value is -5.27. The summed E-state index contributed by atoms with van der Waals surface area (Å²) in [5.74, 6) is 6.04. The van der Waals surface area contributed by atoms with Crippen LogP contribution in [0.25, 0.3) is 22.1 Å². The van der Waals surface area contributed by atoms with Gasteiger partial charge in [-0.3, -0.25) is 14.2 Å². The van der Waals surface area contributed by atoms with Crippen LogP contribution in [0.4, 0.5) is 5.82 Å². The largest absolute Gasteiger partial charge is 0.381 e. The van der Waals surface area contributed by atoms with E-state index in [-0.39, 0.29) is 16.9 Å². The molecule has 3 N–H and O–H groups in total. The third kappa shape index (κ3) is 4.73. The van der Waals surface area contributed by atoms with E-state index < -0.39 is 11.9 Å². The lowest BCUT2D eigenvalue weighted by Gasteiger charge is -2.21. The fraction of sp³-hybridized carbons (Fsp3) is 0.129. The number of hydrogen-bond acceptors (Lipinski definition) is 7. The molecule has 6 aromatic rings. The number of rotatable bonds is 4. The van der Waals surface area contributed by atoms with Crippen LogP contribution in [0, 0.1) is 25.7 Å². The number of aryl methyl sites for hydroxylation is 2. The second-order valence-electron chi connectivity index (χ2n) is 9.56. The van der Waals surface area contributed by atoms with E-state index in [0.29, 0.717) is 28.0 Å². The number of amides is 1. The van der Waals surface area contributed by atoms with E-state index >= 15 is 0 Å². The van der Waals surface area contributed by atoms with Gasteiger partial charge in [-0.1, -0.05) is 36.3 Å². The molecule has 0 saturated heterocycles. The number of nitrogens with one attached hydrogen (secondary N) is 1. The predicted molar refractivity (Wildman–Crippen MR) is 160 cm³/mol. The van der Waals surface area contributed by atoms with Crippen molar-refractivity contribution in [3.05, 3.63) is 116 Å². The zero-order valence-electron chi connectivity index (χ0n) is 22.5. The highest BCUT2D eigenvalue weighted by Gasteiger charge is 2.24. The molecule has 0 spiro atoms. The van der Waals surface area contributed by atoms with Crippen LogP contribution in [0.5, 0.6) is 0 Å². The number of nitrogens with two attached hydrogens (primary N) is 1. The minimum Gasteiger partial charge on any atom is -0.381 e. The van der Waals surface area contributed by atoms with Crippen molar-refractivity contribution in [1.29, 1.82) is 0 Å².